The van der Waals surface area contributed by atoms with Gasteiger partial charge in [0.1, 0.15) is 0 Å². The van der Waals surface area contributed by atoms with E-state index in [1.165, 1.54) is 7.11 Å². The lowest BCUT2D eigenvalue weighted by Gasteiger charge is -2.11. The molecular weight excluding hydrogens is 400 g/mol. The molecule has 2 N–H and O–H groups in total. The quantitative estimate of drug-likeness (QED) is 0.477. The number of nitrogens with zero attached hydrogens (tertiary/aromatic N) is 2. The molecule has 0 atom stereocenters. The molecule has 3 rings (SSSR count). The average molecular weight is 417 g/mol. The van der Waals surface area contributed by atoms with Crippen LogP contribution in [-0.2, 0) is 11.3 Å². The van der Waals surface area contributed by atoms with Gasteiger partial charge in [0.15, 0.2) is 5.11 Å². The number of thiocarbonyl (C=S) groups is 1. The van der Waals surface area contributed by atoms with Crippen molar-refractivity contribution < 1.29 is 14.1 Å². The van der Waals surface area contributed by atoms with Crippen molar-refractivity contribution in [3.05, 3.63) is 64.5 Å². The molecule has 9 heteroatoms. The number of aromatic nitrogens is 2. The summed E-state index contributed by atoms with van der Waals surface area (Å²) in [5.74, 6) is 0.427. The van der Waals surface area contributed by atoms with E-state index in [1.54, 1.807) is 18.2 Å². The highest BCUT2D eigenvalue weighted by Crippen LogP contribution is 2.23. The van der Waals surface area contributed by atoms with Gasteiger partial charge >= 0.3 is 5.97 Å². The summed E-state index contributed by atoms with van der Waals surface area (Å²) in [5, 5.41) is 10.6. The Morgan fingerprint density at radius 2 is 2.11 bits per heavy atom. The second-order valence-corrected chi connectivity index (χ2v) is 6.69. The standard InChI is InChI=1S/C19H17ClN4O3S/c1-11-4-3-5-12(8-11)17-23-16(27-24-17)10-21-19(28)22-15-9-13(18(25)26-2)6-7-14(15)20/h3-9H,10H2,1-2H3,(H2,21,22,28). The summed E-state index contributed by atoms with van der Waals surface area (Å²) in [6.07, 6.45) is 0. The SMILES string of the molecule is COC(=O)c1ccc(Cl)c(NC(=S)NCc2nc(-c3cccc(C)c3)no2)c1. The minimum absolute atomic E-state index is 0.235. The third kappa shape index (κ3) is 4.85. The van der Waals surface area contributed by atoms with Gasteiger partial charge in [-0.25, -0.2) is 4.79 Å². The molecule has 0 aliphatic rings. The third-order valence-corrected chi connectivity index (χ3v) is 4.36. The molecule has 0 aliphatic carbocycles. The Bertz CT molecular complexity index is 1020. The number of rotatable bonds is 5. The molecule has 144 valence electrons. The number of nitrogens with one attached hydrogen (secondary N) is 2. The van der Waals surface area contributed by atoms with Gasteiger partial charge in [-0.15, -0.1) is 0 Å². The summed E-state index contributed by atoms with van der Waals surface area (Å²) in [6.45, 7) is 2.23. The minimum Gasteiger partial charge on any atom is -0.465 e. The van der Waals surface area contributed by atoms with E-state index in [0.717, 1.165) is 11.1 Å². The minimum atomic E-state index is -0.465. The maximum Gasteiger partial charge on any atom is 0.337 e. The van der Waals surface area contributed by atoms with E-state index in [-0.39, 0.29) is 6.54 Å². The van der Waals surface area contributed by atoms with E-state index in [2.05, 4.69) is 20.8 Å². The highest BCUT2D eigenvalue weighted by molar-refractivity contribution is 7.80. The highest BCUT2D eigenvalue weighted by atomic mass is 35.5. The van der Waals surface area contributed by atoms with Crippen molar-refractivity contribution in [2.24, 2.45) is 0 Å². The number of halogens is 1. The Morgan fingerprint density at radius 3 is 2.86 bits per heavy atom. The van der Waals surface area contributed by atoms with Gasteiger partial charge in [-0.2, -0.15) is 4.98 Å². The van der Waals surface area contributed by atoms with Crippen LogP contribution in [0.15, 0.2) is 47.0 Å². The van der Waals surface area contributed by atoms with Crippen LogP contribution in [0.3, 0.4) is 0 Å². The summed E-state index contributed by atoms with van der Waals surface area (Å²) < 4.78 is 9.95. The number of aryl methyl sites for hydroxylation is 1. The Morgan fingerprint density at radius 1 is 1.29 bits per heavy atom. The number of hydrogen-bond acceptors (Lipinski definition) is 6. The van der Waals surface area contributed by atoms with E-state index in [1.807, 2.05) is 31.2 Å². The Labute approximate surface area is 172 Å². The van der Waals surface area contributed by atoms with Gasteiger partial charge in [0.2, 0.25) is 11.7 Å². The van der Waals surface area contributed by atoms with Crippen LogP contribution < -0.4 is 10.6 Å². The summed E-state index contributed by atoms with van der Waals surface area (Å²) in [5.41, 5.74) is 2.82. The molecule has 3 aromatic rings. The highest BCUT2D eigenvalue weighted by Gasteiger charge is 2.12. The monoisotopic (exact) mass is 416 g/mol. The topological polar surface area (TPSA) is 89.3 Å². The lowest BCUT2D eigenvalue weighted by molar-refractivity contribution is 0.0601. The first-order valence-corrected chi connectivity index (χ1v) is 9.07. The van der Waals surface area contributed by atoms with Gasteiger partial charge in [0.05, 0.1) is 29.9 Å². The van der Waals surface area contributed by atoms with Crippen LogP contribution in [-0.4, -0.2) is 28.3 Å². The number of methoxy groups -OCH3 is 1. The van der Waals surface area contributed by atoms with Gasteiger partial charge in [-0.3, -0.25) is 0 Å². The molecule has 28 heavy (non-hydrogen) atoms. The van der Waals surface area contributed by atoms with Crippen LogP contribution in [0.25, 0.3) is 11.4 Å². The second kappa shape index (κ2) is 8.81. The summed E-state index contributed by atoms with van der Waals surface area (Å²) in [7, 11) is 1.31. The molecule has 0 fully saturated rings. The van der Waals surface area contributed by atoms with Crippen molar-refractivity contribution in [1.82, 2.24) is 15.5 Å². The fourth-order valence-electron chi connectivity index (χ4n) is 2.42. The summed E-state index contributed by atoms with van der Waals surface area (Å²) in [6, 6.07) is 12.5. The molecule has 0 bridgehead atoms. The smallest absolute Gasteiger partial charge is 0.337 e. The molecule has 2 aromatic carbocycles. The molecule has 7 nitrogen and oxygen atoms in total. The van der Waals surface area contributed by atoms with E-state index in [4.69, 9.17) is 33.1 Å². The van der Waals surface area contributed by atoms with Crippen molar-refractivity contribution in [2.45, 2.75) is 13.5 Å². The molecule has 0 unspecified atom stereocenters. The van der Waals surface area contributed by atoms with Gasteiger partial charge in [0, 0.05) is 5.56 Å². The Kier molecular flexibility index (Phi) is 6.23. The van der Waals surface area contributed by atoms with Gasteiger partial charge < -0.3 is 19.9 Å². The molecule has 0 radical (unpaired) electrons. The number of esters is 1. The average Bonchev–Trinajstić information content (AvgIpc) is 3.16. The first kappa shape index (κ1) is 19.8. The maximum atomic E-state index is 11.6. The number of benzene rings is 2. The lowest BCUT2D eigenvalue weighted by atomic mass is 10.1. The number of carbonyl (C=O) groups is 1. The molecule has 1 aromatic heterocycles. The van der Waals surface area contributed by atoms with E-state index in [9.17, 15) is 4.79 Å². The largest absolute Gasteiger partial charge is 0.465 e. The normalized spacial score (nSPS) is 10.4. The molecular formula is C19H17ClN4O3S. The van der Waals surface area contributed by atoms with Crippen molar-refractivity contribution in [3.63, 3.8) is 0 Å². The van der Waals surface area contributed by atoms with E-state index < -0.39 is 5.97 Å². The maximum absolute atomic E-state index is 11.6. The van der Waals surface area contributed by atoms with E-state index >= 15 is 0 Å². The zero-order valence-corrected chi connectivity index (χ0v) is 16.7. The number of ether oxygens (including phenoxy) is 1. The molecule has 0 amide bonds. The van der Waals surface area contributed by atoms with Crippen molar-refractivity contribution in [1.29, 1.82) is 0 Å². The van der Waals surface area contributed by atoms with Gasteiger partial charge in [-0.1, -0.05) is 40.5 Å². The fraction of sp³-hybridized carbons (Fsp3) is 0.158. The number of carbonyl (C=O) groups excluding carboxylic acids is 1. The molecule has 0 saturated heterocycles. The molecule has 0 spiro atoms. The zero-order valence-electron chi connectivity index (χ0n) is 15.2. The molecule has 1 heterocycles. The van der Waals surface area contributed by atoms with Crippen molar-refractivity contribution >= 4 is 40.6 Å². The number of anilines is 1. The summed E-state index contributed by atoms with van der Waals surface area (Å²) in [4.78, 5) is 16.0. The van der Waals surface area contributed by atoms with E-state index in [0.29, 0.717) is 33.1 Å². The van der Waals surface area contributed by atoms with Crippen LogP contribution in [0.5, 0.6) is 0 Å². The Balaban J connectivity index is 1.62. The first-order chi connectivity index (χ1) is 13.5. The first-order valence-electron chi connectivity index (χ1n) is 8.28. The second-order valence-electron chi connectivity index (χ2n) is 5.88. The predicted molar refractivity (Wildman–Crippen MR) is 110 cm³/mol. The van der Waals surface area contributed by atoms with Crippen LogP contribution in [0.2, 0.25) is 5.02 Å². The Hall–Kier alpha value is -2.97. The molecule has 0 aliphatic heterocycles. The van der Waals surface area contributed by atoms with Crippen LogP contribution in [0.4, 0.5) is 5.69 Å². The fourth-order valence-corrected chi connectivity index (χ4v) is 2.76. The lowest BCUT2D eigenvalue weighted by Crippen LogP contribution is -2.28. The summed E-state index contributed by atoms with van der Waals surface area (Å²) >= 11 is 11.4. The number of hydrogen-bond donors (Lipinski definition) is 2. The predicted octanol–water partition coefficient (Wildman–Crippen LogP) is 3.97. The third-order valence-electron chi connectivity index (χ3n) is 3.78. The zero-order chi connectivity index (χ0) is 20.1. The molecule has 0 saturated carbocycles. The van der Waals surface area contributed by atoms with Crippen molar-refractivity contribution in [3.8, 4) is 11.4 Å². The van der Waals surface area contributed by atoms with Crippen LogP contribution in [0, 0.1) is 6.92 Å². The van der Waals surface area contributed by atoms with Crippen molar-refractivity contribution in [2.75, 3.05) is 12.4 Å². The van der Waals surface area contributed by atoms with Gasteiger partial charge in [0.25, 0.3) is 0 Å². The van der Waals surface area contributed by atoms with Crippen LogP contribution in [0.1, 0.15) is 21.8 Å². The van der Waals surface area contributed by atoms with Crippen LogP contribution >= 0.6 is 23.8 Å². The van der Waals surface area contributed by atoms with Gasteiger partial charge in [-0.05, 0) is 43.4 Å².